The van der Waals surface area contributed by atoms with Crippen molar-refractivity contribution >= 4 is 12.1 Å². The Hall–Kier alpha value is -2.04. The van der Waals surface area contributed by atoms with Gasteiger partial charge in [-0.1, -0.05) is 96.0 Å². The summed E-state index contributed by atoms with van der Waals surface area (Å²) in [4.78, 5) is 26.8. The van der Waals surface area contributed by atoms with E-state index < -0.39 is 18.2 Å². The Morgan fingerprint density at radius 1 is 1.03 bits per heavy atom. The molecule has 5 nitrogen and oxygen atoms in total. The summed E-state index contributed by atoms with van der Waals surface area (Å²) >= 11 is 0. The number of esters is 1. The zero-order valence-corrected chi connectivity index (χ0v) is 18.3. The van der Waals surface area contributed by atoms with Gasteiger partial charge in [-0.05, 0) is 17.9 Å². The van der Waals surface area contributed by atoms with Crippen LogP contribution in [0.15, 0.2) is 30.3 Å². The fourth-order valence-corrected chi connectivity index (χ4v) is 3.74. The average Bonchev–Trinajstić information content (AvgIpc) is 3.04. The number of nitrogens with zero attached hydrogens (tertiary/aromatic N) is 1. The lowest BCUT2D eigenvalue weighted by atomic mass is 9.99. The van der Waals surface area contributed by atoms with Crippen LogP contribution in [0.4, 0.5) is 4.79 Å². The molecule has 0 spiro atoms. The molecule has 0 N–H and O–H groups in total. The van der Waals surface area contributed by atoms with E-state index in [4.69, 9.17) is 9.47 Å². The first-order chi connectivity index (χ1) is 14.0. The Kier molecular flexibility index (Phi) is 10.0. The molecule has 1 amide bonds. The van der Waals surface area contributed by atoms with Gasteiger partial charge >= 0.3 is 12.1 Å². The van der Waals surface area contributed by atoms with Gasteiger partial charge in [0.15, 0.2) is 6.04 Å². The molecular weight excluding hydrogens is 366 g/mol. The van der Waals surface area contributed by atoms with Crippen molar-refractivity contribution < 1.29 is 19.1 Å². The van der Waals surface area contributed by atoms with E-state index in [2.05, 4.69) is 6.92 Å². The number of benzene rings is 1. The molecule has 0 radical (unpaired) electrons. The molecule has 1 heterocycles. The topological polar surface area (TPSA) is 55.8 Å². The van der Waals surface area contributed by atoms with E-state index in [1.54, 1.807) is 0 Å². The van der Waals surface area contributed by atoms with Gasteiger partial charge in [0.25, 0.3) is 0 Å². The molecule has 0 bridgehead atoms. The second-order valence-corrected chi connectivity index (χ2v) is 8.29. The number of carbonyl (C=O) groups is 2. The Morgan fingerprint density at radius 3 is 2.28 bits per heavy atom. The van der Waals surface area contributed by atoms with Crippen LogP contribution in [-0.2, 0) is 20.8 Å². The highest BCUT2D eigenvalue weighted by Gasteiger charge is 2.48. The third-order valence-corrected chi connectivity index (χ3v) is 5.45. The van der Waals surface area contributed by atoms with Gasteiger partial charge < -0.3 is 9.47 Å². The predicted octanol–water partition coefficient (Wildman–Crippen LogP) is 5.72. The first kappa shape index (κ1) is 23.2. The van der Waals surface area contributed by atoms with Crippen LogP contribution in [0.2, 0.25) is 0 Å². The summed E-state index contributed by atoms with van der Waals surface area (Å²) < 4.78 is 11.1. The van der Waals surface area contributed by atoms with Crippen molar-refractivity contribution in [2.24, 2.45) is 5.92 Å². The highest BCUT2D eigenvalue weighted by atomic mass is 16.6. The maximum atomic E-state index is 12.8. The molecule has 0 aromatic heterocycles. The molecule has 0 saturated carbocycles. The molecule has 1 aromatic rings. The van der Waals surface area contributed by atoms with Gasteiger partial charge in [-0.25, -0.2) is 9.59 Å². The van der Waals surface area contributed by atoms with Crippen molar-refractivity contribution in [1.29, 1.82) is 0 Å². The molecular formula is C24H37NO4. The molecule has 0 unspecified atom stereocenters. The van der Waals surface area contributed by atoms with Crippen LogP contribution in [0, 0.1) is 5.92 Å². The Bertz CT molecular complexity index is 617. The normalized spacial score (nSPS) is 18.9. The molecule has 2 atom stereocenters. The van der Waals surface area contributed by atoms with Crippen LogP contribution >= 0.6 is 0 Å². The van der Waals surface area contributed by atoms with Crippen LogP contribution in [0.5, 0.6) is 0 Å². The minimum Gasteiger partial charge on any atom is -0.464 e. The van der Waals surface area contributed by atoms with Crippen molar-refractivity contribution in [2.45, 2.75) is 90.8 Å². The lowest BCUT2D eigenvalue weighted by molar-refractivity contribution is -0.150. The van der Waals surface area contributed by atoms with Crippen molar-refractivity contribution in [1.82, 2.24) is 4.90 Å². The Labute approximate surface area is 175 Å². The average molecular weight is 404 g/mol. The van der Waals surface area contributed by atoms with Gasteiger partial charge in [-0.2, -0.15) is 0 Å². The largest absolute Gasteiger partial charge is 0.464 e. The second-order valence-electron chi connectivity index (χ2n) is 8.29. The highest BCUT2D eigenvalue weighted by molar-refractivity contribution is 5.85. The SMILES string of the molecule is CCCCCCCCCCOC(=O)[C@H]1[C@H](C(C)C)OC(=O)N1Cc1ccccc1. The third kappa shape index (κ3) is 7.37. The van der Waals surface area contributed by atoms with Crippen molar-refractivity contribution in [3.05, 3.63) is 35.9 Å². The molecule has 1 fully saturated rings. The molecule has 29 heavy (non-hydrogen) atoms. The zero-order chi connectivity index (χ0) is 21.1. The van der Waals surface area contributed by atoms with E-state index in [1.807, 2.05) is 44.2 Å². The van der Waals surface area contributed by atoms with Gasteiger partial charge in [0.2, 0.25) is 0 Å². The molecule has 2 rings (SSSR count). The minimum absolute atomic E-state index is 0.0420. The van der Waals surface area contributed by atoms with Crippen molar-refractivity contribution in [3.63, 3.8) is 0 Å². The Morgan fingerprint density at radius 2 is 1.66 bits per heavy atom. The summed E-state index contributed by atoms with van der Waals surface area (Å²) in [6, 6.07) is 8.98. The van der Waals surface area contributed by atoms with E-state index in [9.17, 15) is 9.59 Å². The van der Waals surface area contributed by atoms with Crippen LogP contribution in [0.1, 0.15) is 77.7 Å². The maximum Gasteiger partial charge on any atom is 0.411 e. The fraction of sp³-hybridized carbons (Fsp3) is 0.667. The zero-order valence-electron chi connectivity index (χ0n) is 18.3. The molecule has 162 valence electrons. The van der Waals surface area contributed by atoms with Gasteiger partial charge in [-0.15, -0.1) is 0 Å². The van der Waals surface area contributed by atoms with Gasteiger partial charge in [0, 0.05) is 0 Å². The molecule has 1 aliphatic rings. The van der Waals surface area contributed by atoms with E-state index in [0.29, 0.717) is 13.2 Å². The number of hydrogen-bond acceptors (Lipinski definition) is 4. The standard InChI is InChI=1S/C24H37NO4/c1-4-5-6-7-8-9-10-14-17-28-23(26)21-22(19(2)3)29-24(27)25(21)18-20-15-12-11-13-16-20/h11-13,15-16,19,21-22H,4-10,14,17-18H2,1-3H3/t21-,22+/m1/s1. The number of carbonyl (C=O) groups excluding carboxylic acids is 2. The quantitative estimate of drug-likeness (QED) is 0.312. The number of cyclic esters (lactones) is 1. The lowest BCUT2D eigenvalue weighted by Gasteiger charge is -2.24. The number of unbranched alkanes of at least 4 members (excludes halogenated alkanes) is 7. The van der Waals surface area contributed by atoms with Crippen LogP contribution in [0.3, 0.4) is 0 Å². The Balaban J connectivity index is 1.83. The van der Waals surface area contributed by atoms with E-state index >= 15 is 0 Å². The second kappa shape index (κ2) is 12.5. The number of ether oxygens (including phenoxy) is 2. The summed E-state index contributed by atoms with van der Waals surface area (Å²) in [6.45, 7) is 6.90. The molecule has 5 heteroatoms. The first-order valence-corrected chi connectivity index (χ1v) is 11.2. The number of hydrogen-bond donors (Lipinski definition) is 0. The minimum atomic E-state index is -0.684. The van der Waals surface area contributed by atoms with Crippen molar-refractivity contribution in [3.8, 4) is 0 Å². The van der Waals surface area contributed by atoms with E-state index in [-0.39, 0.29) is 11.9 Å². The molecule has 1 aromatic carbocycles. The number of amides is 1. The van der Waals surface area contributed by atoms with Crippen molar-refractivity contribution in [2.75, 3.05) is 6.61 Å². The summed E-state index contributed by atoms with van der Waals surface area (Å²) in [7, 11) is 0. The summed E-state index contributed by atoms with van der Waals surface area (Å²) in [5.41, 5.74) is 0.967. The van der Waals surface area contributed by atoms with Gasteiger partial charge in [0.05, 0.1) is 13.2 Å². The van der Waals surface area contributed by atoms with E-state index in [1.165, 1.54) is 43.4 Å². The van der Waals surface area contributed by atoms with E-state index in [0.717, 1.165) is 18.4 Å². The predicted molar refractivity (Wildman–Crippen MR) is 114 cm³/mol. The van der Waals surface area contributed by atoms with Gasteiger partial charge in [-0.3, -0.25) is 4.90 Å². The highest BCUT2D eigenvalue weighted by Crippen LogP contribution is 2.28. The lowest BCUT2D eigenvalue weighted by Crippen LogP contribution is -2.45. The first-order valence-electron chi connectivity index (χ1n) is 11.2. The molecule has 1 aliphatic heterocycles. The summed E-state index contributed by atoms with van der Waals surface area (Å²) in [5, 5.41) is 0. The fourth-order valence-electron chi connectivity index (χ4n) is 3.74. The number of rotatable bonds is 13. The summed E-state index contributed by atoms with van der Waals surface area (Å²) in [6.07, 6.45) is 8.64. The van der Waals surface area contributed by atoms with Gasteiger partial charge in [0.1, 0.15) is 6.10 Å². The van der Waals surface area contributed by atoms with Crippen LogP contribution < -0.4 is 0 Å². The molecule has 1 saturated heterocycles. The van der Waals surface area contributed by atoms with Crippen LogP contribution in [0.25, 0.3) is 0 Å². The maximum absolute atomic E-state index is 12.8. The smallest absolute Gasteiger partial charge is 0.411 e. The third-order valence-electron chi connectivity index (χ3n) is 5.45. The molecule has 0 aliphatic carbocycles. The monoisotopic (exact) mass is 403 g/mol. The van der Waals surface area contributed by atoms with Crippen LogP contribution in [-0.4, -0.2) is 35.7 Å². The summed E-state index contributed by atoms with van der Waals surface area (Å²) in [5.74, 6) is -0.311.